The first-order valence-electron chi connectivity index (χ1n) is 6.98. The SMILES string of the molecule is CC(c1ccc(Br)cc1)N1CCC(NC2CC2)C1. The summed E-state index contributed by atoms with van der Waals surface area (Å²) in [5, 5.41) is 3.75. The molecule has 3 rings (SSSR count). The van der Waals surface area contributed by atoms with Gasteiger partial charge < -0.3 is 5.32 Å². The maximum atomic E-state index is 3.75. The zero-order chi connectivity index (χ0) is 12.5. The summed E-state index contributed by atoms with van der Waals surface area (Å²) in [5.74, 6) is 0. The van der Waals surface area contributed by atoms with Crippen molar-refractivity contribution in [2.75, 3.05) is 13.1 Å². The molecule has 1 aliphatic carbocycles. The number of benzene rings is 1. The second-order valence-electron chi connectivity index (χ2n) is 5.65. The molecule has 1 saturated heterocycles. The third kappa shape index (κ3) is 2.95. The summed E-state index contributed by atoms with van der Waals surface area (Å²) in [4.78, 5) is 2.60. The van der Waals surface area contributed by atoms with Crippen LogP contribution in [0.15, 0.2) is 28.7 Å². The fourth-order valence-corrected chi connectivity index (χ4v) is 3.07. The van der Waals surface area contributed by atoms with Crippen molar-refractivity contribution in [3.63, 3.8) is 0 Å². The van der Waals surface area contributed by atoms with Gasteiger partial charge in [-0.15, -0.1) is 0 Å². The van der Waals surface area contributed by atoms with Crippen molar-refractivity contribution in [3.8, 4) is 0 Å². The number of hydrogen-bond donors (Lipinski definition) is 1. The second kappa shape index (κ2) is 5.32. The zero-order valence-electron chi connectivity index (χ0n) is 10.9. The third-order valence-electron chi connectivity index (χ3n) is 4.17. The number of halogens is 1. The molecule has 2 fully saturated rings. The minimum atomic E-state index is 0.532. The van der Waals surface area contributed by atoms with Crippen molar-refractivity contribution in [2.45, 2.75) is 44.3 Å². The summed E-state index contributed by atoms with van der Waals surface area (Å²) in [7, 11) is 0. The van der Waals surface area contributed by atoms with Gasteiger partial charge >= 0.3 is 0 Å². The van der Waals surface area contributed by atoms with Crippen molar-refractivity contribution in [1.82, 2.24) is 10.2 Å². The van der Waals surface area contributed by atoms with Gasteiger partial charge in [-0.05, 0) is 43.9 Å². The van der Waals surface area contributed by atoms with Crippen LogP contribution in [0.3, 0.4) is 0 Å². The van der Waals surface area contributed by atoms with Crippen LogP contribution in [0.1, 0.15) is 37.8 Å². The maximum absolute atomic E-state index is 3.75. The fourth-order valence-electron chi connectivity index (χ4n) is 2.81. The highest BCUT2D eigenvalue weighted by molar-refractivity contribution is 9.10. The molecule has 3 heteroatoms. The zero-order valence-corrected chi connectivity index (χ0v) is 12.5. The standard InChI is InChI=1S/C15H21BrN2/c1-11(12-2-4-13(16)5-3-12)18-9-8-15(10-18)17-14-6-7-14/h2-5,11,14-15,17H,6-10H2,1H3. The molecule has 18 heavy (non-hydrogen) atoms. The number of nitrogens with zero attached hydrogens (tertiary/aromatic N) is 1. The molecule has 2 nitrogen and oxygen atoms in total. The van der Waals surface area contributed by atoms with Crippen molar-refractivity contribution in [3.05, 3.63) is 34.3 Å². The first-order chi connectivity index (χ1) is 8.72. The van der Waals surface area contributed by atoms with Crippen LogP contribution in [0.5, 0.6) is 0 Å². The lowest BCUT2D eigenvalue weighted by atomic mass is 10.1. The quantitative estimate of drug-likeness (QED) is 0.918. The first-order valence-corrected chi connectivity index (χ1v) is 7.77. The van der Waals surface area contributed by atoms with E-state index in [-0.39, 0.29) is 0 Å². The number of rotatable bonds is 4. The van der Waals surface area contributed by atoms with Gasteiger partial charge in [0, 0.05) is 35.7 Å². The molecule has 1 saturated carbocycles. The summed E-state index contributed by atoms with van der Waals surface area (Å²) in [6.07, 6.45) is 4.08. The molecule has 1 aromatic rings. The van der Waals surface area contributed by atoms with Crippen LogP contribution < -0.4 is 5.32 Å². The average Bonchev–Trinajstić information content (AvgIpc) is 3.05. The minimum Gasteiger partial charge on any atom is -0.310 e. The Bertz CT molecular complexity index is 399. The summed E-state index contributed by atoms with van der Waals surface area (Å²) in [6.45, 7) is 4.75. The molecular formula is C15H21BrN2. The van der Waals surface area contributed by atoms with E-state index in [1.165, 1.54) is 37.9 Å². The molecule has 2 atom stereocenters. The lowest BCUT2D eigenvalue weighted by molar-refractivity contribution is 0.255. The number of nitrogens with one attached hydrogen (secondary N) is 1. The molecule has 2 aliphatic rings. The van der Waals surface area contributed by atoms with E-state index in [4.69, 9.17) is 0 Å². The highest BCUT2D eigenvalue weighted by Gasteiger charge is 2.31. The van der Waals surface area contributed by atoms with E-state index >= 15 is 0 Å². The molecule has 2 unspecified atom stereocenters. The summed E-state index contributed by atoms with van der Waals surface area (Å²) in [6, 6.07) is 10.8. The Morgan fingerprint density at radius 1 is 1.17 bits per heavy atom. The molecule has 0 bridgehead atoms. The summed E-state index contributed by atoms with van der Waals surface area (Å²) < 4.78 is 1.16. The Hall–Kier alpha value is -0.380. The molecule has 0 radical (unpaired) electrons. The molecule has 1 aromatic carbocycles. The second-order valence-corrected chi connectivity index (χ2v) is 6.56. The Balaban J connectivity index is 1.59. The molecule has 1 N–H and O–H groups in total. The van der Waals surface area contributed by atoms with Gasteiger partial charge in [0.15, 0.2) is 0 Å². The van der Waals surface area contributed by atoms with E-state index in [0.29, 0.717) is 6.04 Å². The van der Waals surface area contributed by atoms with Gasteiger partial charge in [-0.25, -0.2) is 0 Å². The van der Waals surface area contributed by atoms with Gasteiger partial charge in [-0.1, -0.05) is 28.1 Å². The minimum absolute atomic E-state index is 0.532. The average molecular weight is 309 g/mol. The highest BCUT2D eigenvalue weighted by atomic mass is 79.9. The van der Waals surface area contributed by atoms with Crippen molar-refractivity contribution < 1.29 is 0 Å². The Morgan fingerprint density at radius 3 is 2.56 bits per heavy atom. The van der Waals surface area contributed by atoms with Gasteiger partial charge in [0.05, 0.1) is 0 Å². The van der Waals surface area contributed by atoms with Crippen LogP contribution in [0.25, 0.3) is 0 Å². The van der Waals surface area contributed by atoms with Crippen molar-refractivity contribution in [2.24, 2.45) is 0 Å². The Kier molecular flexibility index (Phi) is 3.73. The van der Waals surface area contributed by atoms with Crippen LogP contribution in [-0.2, 0) is 0 Å². The van der Waals surface area contributed by atoms with Gasteiger partial charge in [0.2, 0.25) is 0 Å². The van der Waals surface area contributed by atoms with Crippen LogP contribution in [0.4, 0.5) is 0 Å². The van der Waals surface area contributed by atoms with Crippen LogP contribution in [-0.4, -0.2) is 30.1 Å². The number of hydrogen-bond acceptors (Lipinski definition) is 2. The van der Waals surface area contributed by atoms with Crippen LogP contribution >= 0.6 is 15.9 Å². The lowest BCUT2D eigenvalue weighted by Gasteiger charge is -2.25. The maximum Gasteiger partial charge on any atom is 0.0320 e. The molecule has 1 aliphatic heterocycles. The van der Waals surface area contributed by atoms with E-state index in [1.807, 2.05) is 0 Å². The smallest absolute Gasteiger partial charge is 0.0320 e. The van der Waals surface area contributed by atoms with E-state index in [1.54, 1.807) is 0 Å². The van der Waals surface area contributed by atoms with Crippen LogP contribution in [0.2, 0.25) is 0 Å². The number of likely N-dealkylation sites (tertiary alicyclic amines) is 1. The van der Waals surface area contributed by atoms with Crippen molar-refractivity contribution in [1.29, 1.82) is 0 Å². The summed E-state index contributed by atoms with van der Waals surface area (Å²) in [5.41, 5.74) is 1.42. The van der Waals surface area contributed by atoms with E-state index < -0.39 is 0 Å². The fraction of sp³-hybridized carbons (Fsp3) is 0.600. The topological polar surface area (TPSA) is 15.3 Å². The Labute approximate surface area is 118 Å². The van der Waals surface area contributed by atoms with E-state index in [0.717, 1.165) is 16.6 Å². The van der Waals surface area contributed by atoms with Crippen LogP contribution in [0, 0.1) is 0 Å². The molecule has 0 spiro atoms. The Morgan fingerprint density at radius 2 is 1.89 bits per heavy atom. The normalized spacial score (nSPS) is 26.4. The van der Waals surface area contributed by atoms with E-state index in [2.05, 4.69) is 57.3 Å². The predicted octanol–water partition coefficient (Wildman–Crippen LogP) is 3.34. The largest absolute Gasteiger partial charge is 0.310 e. The van der Waals surface area contributed by atoms with Gasteiger partial charge in [-0.3, -0.25) is 4.90 Å². The molecular weight excluding hydrogens is 288 g/mol. The molecule has 98 valence electrons. The molecule has 1 heterocycles. The van der Waals surface area contributed by atoms with Gasteiger partial charge in [-0.2, -0.15) is 0 Å². The van der Waals surface area contributed by atoms with Crippen molar-refractivity contribution >= 4 is 15.9 Å². The molecule has 0 amide bonds. The van der Waals surface area contributed by atoms with E-state index in [9.17, 15) is 0 Å². The molecule has 0 aromatic heterocycles. The highest BCUT2D eigenvalue weighted by Crippen LogP contribution is 2.27. The van der Waals surface area contributed by atoms with Gasteiger partial charge in [0.25, 0.3) is 0 Å². The monoisotopic (exact) mass is 308 g/mol. The lowest BCUT2D eigenvalue weighted by Crippen LogP contribution is -2.34. The first kappa shape index (κ1) is 12.6. The van der Waals surface area contributed by atoms with Gasteiger partial charge in [0.1, 0.15) is 0 Å². The third-order valence-corrected chi connectivity index (χ3v) is 4.70. The summed E-state index contributed by atoms with van der Waals surface area (Å²) >= 11 is 3.50. The predicted molar refractivity (Wildman–Crippen MR) is 78.7 cm³/mol.